The molecule has 1 rings (SSSR count). The second-order valence-corrected chi connectivity index (χ2v) is 4.99. The lowest BCUT2D eigenvalue weighted by molar-refractivity contribution is -0.133. The monoisotopic (exact) mass is 279 g/mol. The number of ether oxygens (including phenoxy) is 1. The van der Waals surface area contributed by atoms with Crippen molar-refractivity contribution in [1.82, 2.24) is 9.80 Å². The van der Waals surface area contributed by atoms with Crippen LogP contribution < -0.4 is 10.5 Å². The van der Waals surface area contributed by atoms with Gasteiger partial charge in [-0.25, -0.2) is 0 Å². The molecular weight excluding hydrogens is 254 g/mol. The van der Waals surface area contributed by atoms with Crippen LogP contribution in [0.15, 0.2) is 24.3 Å². The minimum atomic E-state index is 0.00804. The average molecular weight is 279 g/mol. The lowest BCUT2D eigenvalue weighted by Crippen LogP contribution is -2.36. The number of nitrogen functional groups attached to an aromatic ring is 1. The third-order valence-corrected chi connectivity index (χ3v) is 2.99. The van der Waals surface area contributed by atoms with Crippen LogP contribution in [-0.4, -0.2) is 56.0 Å². The quantitative estimate of drug-likeness (QED) is 0.732. The highest BCUT2D eigenvalue weighted by Crippen LogP contribution is 2.14. The number of hydrogen-bond donors (Lipinski definition) is 1. The third-order valence-electron chi connectivity index (χ3n) is 2.99. The normalized spacial score (nSPS) is 10.6. The van der Waals surface area contributed by atoms with Crippen LogP contribution in [0.5, 0.6) is 5.75 Å². The zero-order chi connectivity index (χ0) is 15.0. The molecule has 0 aliphatic rings. The molecule has 1 aromatic carbocycles. The summed E-state index contributed by atoms with van der Waals surface area (Å²) in [6.07, 6.45) is 0.963. The van der Waals surface area contributed by atoms with Gasteiger partial charge in [-0.2, -0.15) is 0 Å². The van der Waals surface area contributed by atoms with Crippen molar-refractivity contribution in [2.45, 2.75) is 13.3 Å². The van der Waals surface area contributed by atoms with Crippen LogP contribution >= 0.6 is 0 Å². The van der Waals surface area contributed by atoms with Crippen LogP contribution in [0.3, 0.4) is 0 Å². The van der Waals surface area contributed by atoms with E-state index in [1.807, 2.05) is 32.0 Å². The Morgan fingerprint density at radius 3 is 2.65 bits per heavy atom. The van der Waals surface area contributed by atoms with Crippen molar-refractivity contribution in [2.24, 2.45) is 0 Å². The zero-order valence-corrected chi connectivity index (χ0v) is 12.6. The maximum atomic E-state index is 12.1. The summed E-state index contributed by atoms with van der Waals surface area (Å²) in [6.45, 7) is 4.47. The van der Waals surface area contributed by atoms with E-state index in [1.165, 1.54) is 0 Å². The predicted octanol–water partition coefficient (Wildman–Crippen LogP) is 1.45. The Labute approximate surface area is 121 Å². The number of amides is 1. The van der Waals surface area contributed by atoms with Gasteiger partial charge in [0.1, 0.15) is 5.75 Å². The molecule has 0 aliphatic carbocycles. The van der Waals surface area contributed by atoms with E-state index >= 15 is 0 Å². The van der Waals surface area contributed by atoms with Crippen LogP contribution in [0.1, 0.15) is 13.3 Å². The third kappa shape index (κ3) is 5.93. The van der Waals surface area contributed by atoms with E-state index in [4.69, 9.17) is 10.5 Å². The van der Waals surface area contributed by atoms with Crippen molar-refractivity contribution < 1.29 is 9.53 Å². The smallest absolute Gasteiger partial charge is 0.260 e. The van der Waals surface area contributed by atoms with E-state index in [0.29, 0.717) is 18.0 Å². The number of benzene rings is 1. The standard InChI is InChI=1S/C15H25N3O2/c1-4-18(10-6-9-17(2)3)15(19)12-20-14-8-5-7-13(16)11-14/h5,7-8,11H,4,6,9-10,12,16H2,1-3H3. The van der Waals surface area contributed by atoms with Gasteiger partial charge >= 0.3 is 0 Å². The van der Waals surface area contributed by atoms with E-state index in [2.05, 4.69) is 4.90 Å². The largest absolute Gasteiger partial charge is 0.484 e. The number of carbonyl (C=O) groups is 1. The second-order valence-electron chi connectivity index (χ2n) is 4.99. The van der Waals surface area contributed by atoms with Crippen LogP contribution in [0.4, 0.5) is 5.69 Å². The summed E-state index contributed by atoms with van der Waals surface area (Å²) in [4.78, 5) is 16.0. The predicted molar refractivity (Wildman–Crippen MR) is 81.8 cm³/mol. The maximum Gasteiger partial charge on any atom is 0.260 e. The second kappa shape index (κ2) is 8.43. The Kier molecular flexibility index (Phi) is 6.87. The Hall–Kier alpha value is -1.75. The summed E-state index contributed by atoms with van der Waals surface area (Å²) in [5.41, 5.74) is 6.30. The summed E-state index contributed by atoms with van der Waals surface area (Å²) in [5, 5.41) is 0. The molecule has 0 bridgehead atoms. The highest BCUT2D eigenvalue weighted by Gasteiger charge is 2.12. The van der Waals surface area contributed by atoms with Crippen molar-refractivity contribution in [2.75, 3.05) is 46.1 Å². The molecule has 1 aromatic rings. The first kappa shape index (κ1) is 16.3. The summed E-state index contributed by atoms with van der Waals surface area (Å²) < 4.78 is 5.48. The van der Waals surface area contributed by atoms with E-state index in [9.17, 15) is 4.79 Å². The molecule has 0 heterocycles. The maximum absolute atomic E-state index is 12.1. The molecule has 112 valence electrons. The van der Waals surface area contributed by atoms with Crippen molar-refractivity contribution in [3.05, 3.63) is 24.3 Å². The topological polar surface area (TPSA) is 58.8 Å². The molecule has 1 amide bonds. The Bertz CT molecular complexity index is 421. The first-order valence-corrected chi connectivity index (χ1v) is 6.93. The van der Waals surface area contributed by atoms with Crippen LogP contribution in [0.2, 0.25) is 0 Å². The van der Waals surface area contributed by atoms with Crippen molar-refractivity contribution in [1.29, 1.82) is 0 Å². The van der Waals surface area contributed by atoms with Gasteiger partial charge in [-0.1, -0.05) is 6.07 Å². The summed E-state index contributed by atoms with van der Waals surface area (Å²) >= 11 is 0. The minimum absolute atomic E-state index is 0.00804. The van der Waals surface area contributed by atoms with Crippen molar-refractivity contribution in [3.8, 4) is 5.75 Å². The molecule has 0 saturated heterocycles. The van der Waals surface area contributed by atoms with E-state index in [1.54, 1.807) is 18.2 Å². The summed E-state index contributed by atoms with van der Waals surface area (Å²) in [7, 11) is 4.06. The van der Waals surface area contributed by atoms with E-state index in [-0.39, 0.29) is 12.5 Å². The number of hydrogen-bond acceptors (Lipinski definition) is 4. The lowest BCUT2D eigenvalue weighted by atomic mass is 10.3. The van der Waals surface area contributed by atoms with Gasteiger partial charge in [-0.15, -0.1) is 0 Å². The van der Waals surface area contributed by atoms with E-state index < -0.39 is 0 Å². The fourth-order valence-corrected chi connectivity index (χ4v) is 1.88. The molecule has 0 fully saturated rings. The van der Waals surface area contributed by atoms with Gasteiger partial charge < -0.3 is 20.3 Å². The van der Waals surface area contributed by atoms with E-state index in [0.717, 1.165) is 19.5 Å². The fourth-order valence-electron chi connectivity index (χ4n) is 1.88. The first-order chi connectivity index (χ1) is 9.52. The van der Waals surface area contributed by atoms with Gasteiger partial charge in [0.2, 0.25) is 0 Å². The molecule has 5 heteroatoms. The van der Waals surface area contributed by atoms with Crippen LogP contribution in [0, 0.1) is 0 Å². The molecule has 0 atom stereocenters. The number of nitrogens with two attached hydrogens (primary N) is 1. The highest BCUT2D eigenvalue weighted by atomic mass is 16.5. The van der Waals surface area contributed by atoms with Crippen molar-refractivity contribution >= 4 is 11.6 Å². The highest BCUT2D eigenvalue weighted by molar-refractivity contribution is 5.77. The SMILES string of the molecule is CCN(CCCN(C)C)C(=O)COc1cccc(N)c1. The van der Waals surface area contributed by atoms with Gasteiger partial charge in [0.05, 0.1) is 0 Å². The minimum Gasteiger partial charge on any atom is -0.484 e. The number of carbonyl (C=O) groups excluding carboxylic acids is 1. The zero-order valence-electron chi connectivity index (χ0n) is 12.6. The number of anilines is 1. The average Bonchev–Trinajstić information content (AvgIpc) is 2.41. The van der Waals surface area contributed by atoms with Gasteiger partial charge in [-0.3, -0.25) is 4.79 Å². The van der Waals surface area contributed by atoms with Gasteiger partial charge in [-0.05, 0) is 46.1 Å². The molecule has 20 heavy (non-hydrogen) atoms. The Morgan fingerprint density at radius 1 is 1.30 bits per heavy atom. The number of nitrogens with zero attached hydrogens (tertiary/aromatic N) is 2. The van der Waals surface area contributed by atoms with Crippen LogP contribution in [0.25, 0.3) is 0 Å². The molecule has 0 saturated carbocycles. The first-order valence-electron chi connectivity index (χ1n) is 6.93. The molecule has 5 nitrogen and oxygen atoms in total. The molecule has 0 spiro atoms. The molecule has 0 radical (unpaired) electrons. The molecule has 2 N–H and O–H groups in total. The Morgan fingerprint density at radius 2 is 2.05 bits per heavy atom. The summed E-state index contributed by atoms with van der Waals surface area (Å²) in [6, 6.07) is 7.11. The van der Waals surface area contributed by atoms with Crippen molar-refractivity contribution in [3.63, 3.8) is 0 Å². The van der Waals surface area contributed by atoms with Gasteiger partial charge in [0.25, 0.3) is 5.91 Å². The number of likely N-dealkylation sites (N-methyl/N-ethyl adjacent to an activating group) is 1. The molecule has 0 aromatic heterocycles. The lowest BCUT2D eigenvalue weighted by Gasteiger charge is -2.22. The summed E-state index contributed by atoms with van der Waals surface area (Å²) in [5.74, 6) is 0.636. The van der Waals surface area contributed by atoms with Gasteiger partial charge in [0, 0.05) is 24.8 Å². The Balaban J connectivity index is 2.39. The molecular formula is C15H25N3O2. The molecule has 0 unspecified atom stereocenters. The molecule has 0 aliphatic heterocycles. The van der Waals surface area contributed by atoms with Gasteiger partial charge in [0.15, 0.2) is 6.61 Å². The number of rotatable bonds is 8. The van der Waals surface area contributed by atoms with Crippen LogP contribution in [-0.2, 0) is 4.79 Å². The fraction of sp³-hybridized carbons (Fsp3) is 0.533.